The Kier molecular flexibility index (Phi) is 8.72. The fraction of sp³-hybridized carbons (Fsp3) is 0.457. The summed E-state index contributed by atoms with van der Waals surface area (Å²) in [4.78, 5) is 20.6. The Morgan fingerprint density at radius 3 is 2.57 bits per heavy atom. The summed E-state index contributed by atoms with van der Waals surface area (Å²) in [6.07, 6.45) is 3.80. The van der Waals surface area contributed by atoms with Crippen LogP contribution in [0.4, 0.5) is 4.39 Å². The fourth-order valence-corrected chi connectivity index (χ4v) is 7.17. The fourth-order valence-electron chi connectivity index (χ4n) is 7.17. The highest BCUT2D eigenvalue weighted by Gasteiger charge is 2.43. The molecule has 6 rings (SSSR count). The summed E-state index contributed by atoms with van der Waals surface area (Å²) in [5.41, 5.74) is 5.65. The molecule has 6 nitrogen and oxygen atoms in total. The molecular weight excluding hydrogens is 525 g/mol. The van der Waals surface area contributed by atoms with Crippen LogP contribution in [-0.4, -0.2) is 78.5 Å². The number of hydrogen-bond donors (Lipinski definition) is 2. The van der Waals surface area contributed by atoms with Crippen LogP contribution in [0.3, 0.4) is 0 Å². The number of halogens is 1. The molecule has 3 saturated heterocycles. The Balaban J connectivity index is 1.07. The van der Waals surface area contributed by atoms with Crippen LogP contribution in [0.2, 0.25) is 0 Å². The van der Waals surface area contributed by atoms with Crippen molar-refractivity contribution in [1.82, 2.24) is 25.3 Å². The molecule has 3 aromatic rings. The molecule has 3 heterocycles. The number of amides is 1. The lowest BCUT2D eigenvalue weighted by Gasteiger charge is -2.32. The number of carbonyl (C=O) groups is 1. The first-order chi connectivity index (χ1) is 20.4. The maximum atomic E-state index is 15.0. The van der Waals surface area contributed by atoms with Gasteiger partial charge in [-0.2, -0.15) is 0 Å². The highest BCUT2D eigenvalue weighted by molar-refractivity contribution is 5.94. The lowest BCUT2D eigenvalue weighted by molar-refractivity contribution is 0.0950. The minimum Gasteiger partial charge on any atom is -0.348 e. The first-order valence-electron chi connectivity index (χ1n) is 15.5. The van der Waals surface area contributed by atoms with Crippen molar-refractivity contribution in [1.29, 1.82) is 0 Å². The number of likely N-dealkylation sites (tertiary alicyclic amines) is 2. The summed E-state index contributed by atoms with van der Waals surface area (Å²) in [5, 5.41) is 6.54. The molecule has 0 radical (unpaired) electrons. The normalized spacial score (nSPS) is 23.5. The van der Waals surface area contributed by atoms with Gasteiger partial charge in [0, 0.05) is 75.1 Å². The minimum atomic E-state index is -0.252. The van der Waals surface area contributed by atoms with Gasteiger partial charge < -0.3 is 10.6 Å². The van der Waals surface area contributed by atoms with E-state index in [2.05, 4.69) is 57.5 Å². The van der Waals surface area contributed by atoms with Gasteiger partial charge in [0.05, 0.1) is 0 Å². The molecule has 7 heteroatoms. The van der Waals surface area contributed by atoms with Crippen LogP contribution in [0, 0.1) is 5.82 Å². The molecule has 1 spiro atoms. The van der Waals surface area contributed by atoms with Crippen molar-refractivity contribution in [3.63, 3.8) is 0 Å². The van der Waals surface area contributed by atoms with Gasteiger partial charge in [-0.1, -0.05) is 36.4 Å². The molecule has 1 unspecified atom stereocenters. The molecule has 1 amide bonds. The molecular formula is C35H44FN5O. The molecule has 0 bridgehead atoms. The van der Waals surface area contributed by atoms with E-state index < -0.39 is 0 Å². The van der Waals surface area contributed by atoms with Crippen LogP contribution < -0.4 is 10.6 Å². The third-order valence-electron chi connectivity index (χ3n) is 9.53. The number of carbonyl (C=O) groups excluding carboxylic acids is 1. The van der Waals surface area contributed by atoms with E-state index in [0.29, 0.717) is 29.3 Å². The second kappa shape index (κ2) is 12.6. The van der Waals surface area contributed by atoms with Crippen LogP contribution in [0.25, 0.3) is 11.1 Å². The summed E-state index contributed by atoms with van der Waals surface area (Å²) in [7, 11) is 2.26. The molecule has 0 saturated carbocycles. The van der Waals surface area contributed by atoms with E-state index in [1.807, 2.05) is 36.4 Å². The maximum absolute atomic E-state index is 15.0. The maximum Gasteiger partial charge on any atom is 0.251 e. The van der Waals surface area contributed by atoms with Crippen molar-refractivity contribution in [2.24, 2.45) is 0 Å². The smallest absolute Gasteiger partial charge is 0.251 e. The standard InChI is InChI=1S/C35H44FN5O/c1-26-22-40(17-14-37-26)23-28-6-3-8-30(18-28)32-20-27(10-11-33(32)36)21-38-34(42)31-9-4-7-29(19-31)24-41-16-13-35(25-41)12-5-15-39(35)2/h3-4,6-11,18-20,26,37H,5,12-17,21-25H2,1-2H3,(H,38,42)/t26-,35?/m0/s1. The predicted octanol–water partition coefficient (Wildman–Crippen LogP) is 4.89. The molecule has 222 valence electrons. The minimum absolute atomic E-state index is 0.108. The van der Waals surface area contributed by atoms with Crippen molar-refractivity contribution in [2.75, 3.05) is 46.3 Å². The molecule has 3 aliphatic heterocycles. The van der Waals surface area contributed by atoms with Gasteiger partial charge in [-0.05, 0) is 92.4 Å². The number of hydrogen-bond acceptors (Lipinski definition) is 5. The molecule has 3 aromatic carbocycles. The summed E-state index contributed by atoms with van der Waals surface area (Å²) < 4.78 is 15.0. The van der Waals surface area contributed by atoms with Crippen LogP contribution in [0.5, 0.6) is 0 Å². The van der Waals surface area contributed by atoms with Gasteiger partial charge in [0.15, 0.2) is 0 Å². The Labute approximate surface area is 249 Å². The summed E-state index contributed by atoms with van der Waals surface area (Å²) in [6.45, 7) is 10.7. The number of benzene rings is 3. The van der Waals surface area contributed by atoms with Crippen molar-refractivity contribution in [2.45, 2.75) is 57.4 Å². The molecule has 2 N–H and O–H groups in total. The number of nitrogens with zero attached hydrogens (tertiary/aromatic N) is 3. The zero-order valence-corrected chi connectivity index (χ0v) is 25.0. The van der Waals surface area contributed by atoms with Gasteiger partial charge in [-0.15, -0.1) is 0 Å². The second-order valence-corrected chi connectivity index (χ2v) is 12.7. The number of likely N-dealkylation sites (N-methyl/N-ethyl adjacent to an activating group) is 1. The Bertz CT molecular complexity index is 1410. The third kappa shape index (κ3) is 6.60. The Hall–Kier alpha value is -3.10. The molecule has 3 aliphatic rings. The van der Waals surface area contributed by atoms with E-state index in [1.165, 1.54) is 43.0 Å². The monoisotopic (exact) mass is 569 g/mol. The van der Waals surface area contributed by atoms with Gasteiger partial charge in [-0.3, -0.25) is 19.5 Å². The lowest BCUT2D eigenvalue weighted by Crippen LogP contribution is -2.48. The SMILES string of the molecule is C[C@H]1CN(Cc2cccc(-c3cc(CNC(=O)c4cccc(CN5CCC6(CCCN6C)C5)c4)ccc3F)c2)CCN1. The zero-order chi connectivity index (χ0) is 29.1. The largest absolute Gasteiger partial charge is 0.348 e. The molecule has 3 fully saturated rings. The Morgan fingerprint density at radius 1 is 0.952 bits per heavy atom. The van der Waals surface area contributed by atoms with E-state index >= 15 is 0 Å². The van der Waals surface area contributed by atoms with Gasteiger partial charge in [0.1, 0.15) is 5.82 Å². The lowest BCUT2D eigenvalue weighted by atomic mass is 9.96. The van der Waals surface area contributed by atoms with Gasteiger partial charge in [0.2, 0.25) is 0 Å². The third-order valence-corrected chi connectivity index (χ3v) is 9.53. The molecule has 2 atom stereocenters. The zero-order valence-electron chi connectivity index (χ0n) is 25.0. The highest BCUT2D eigenvalue weighted by Crippen LogP contribution is 2.37. The van der Waals surface area contributed by atoms with Gasteiger partial charge >= 0.3 is 0 Å². The second-order valence-electron chi connectivity index (χ2n) is 12.7. The van der Waals surface area contributed by atoms with E-state index in [-0.39, 0.29) is 11.7 Å². The number of nitrogens with one attached hydrogen (secondary N) is 2. The highest BCUT2D eigenvalue weighted by atomic mass is 19.1. The van der Waals surface area contributed by atoms with Crippen molar-refractivity contribution < 1.29 is 9.18 Å². The van der Waals surface area contributed by atoms with Gasteiger partial charge in [-0.25, -0.2) is 4.39 Å². The summed E-state index contributed by atoms with van der Waals surface area (Å²) in [6, 6.07) is 21.7. The van der Waals surface area contributed by atoms with E-state index in [9.17, 15) is 9.18 Å². The molecule has 42 heavy (non-hydrogen) atoms. The van der Waals surface area contributed by atoms with Crippen molar-refractivity contribution in [3.8, 4) is 11.1 Å². The van der Waals surface area contributed by atoms with Crippen LogP contribution in [-0.2, 0) is 19.6 Å². The van der Waals surface area contributed by atoms with Crippen molar-refractivity contribution >= 4 is 5.91 Å². The van der Waals surface area contributed by atoms with Crippen LogP contribution >= 0.6 is 0 Å². The molecule has 0 aromatic heterocycles. The predicted molar refractivity (Wildman–Crippen MR) is 167 cm³/mol. The van der Waals surface area contributed by atoms with E-state index in [0.717, 1.165) is 56.9 Å². The van der Waals surface area contributed by atoms with Crippen molar-refractivity contribution in [3.05, 3.63) is 94.8 Å². The average Bonchev–Trinajstić information content (AvgIpc) is 3.57. The number of piperazine rings is 1. The topological polar surface area (TPSA) is 50.9 Å². The Morgan fingerprint density at radius 2 is 1.76 bits per heavy atom. The van der Waals surface area contributed by atoms with Gasteiger partial charge in [0.25, 0.3) is 5.91 Å². The number of rotatable bonds is 8. The first-order valence-corrected chi connectivity index (χ1v) is 15.5. The summed E-state index contributed by atoms with van der Waals surface area (Å²) in [5.74, 6) is -0.360. The first kappa shape index (κ1) is 29.0. The quantitative estimate of drug-likeness (QED) is 0.405. The van der Waals surface area contributed by atoms with E-state index in [1.54, 1.807) is 6.07 Å². The van der Waals surface area contributed by atoms with E-state index in [4.69, 9.17) is 0 Å². The molecule has 0 aliphatic carbocycles. The summed E-state index contributed by atoms with van der Waals surface area (Å²) >= 11 is 0. The average molecular weight is 570 g/mol. The van der Waals surface area contributed by atoms with Crippen LogP contribution in [0.15, 0.2) is 66.7 Å². The van der Waals surface area contributed by atoms with Crippen LogP contribution in [0.1, 0.15) is 53.2 Å².